The van der Waals surface area contributed by atoms with E-state index in [2.05, 4.69) is 12.1 Å². The third kappa shape index (κ3) is 5.21. The van der Waals surface area contributed by atoms with Crippen molar-refractivity contribution < 1.29 is 19.1 Å². The lowest BCUT2D eigenvalue weighted by Crippen LogP contribution is -2.45. The van der Waals surface area contributed by atoms with Gasteiger partial charge >= 0.3 is 12.1 Å². The summed E-state index contributed by atoms with van der Waals surface area (Å²) >= 11 is 0. The van der Waals surface area contributed by atoms with Crippen LogP contribution in [0, 0.1) is 5.92 Å². The van der Waals surface area contributed by atoms with Gasteiger partial charge in [0.25, 0.3) is 0 Å². The predicted molar refractivity (Wildman–Crippen MR) is 116 cm³/mol. The fourth-order valence-corrected chi connectivity index (χ4v) is 4.15. The highest BCUT2D eigenvalue weighted by Crippen LogP contribution is 2.44. The van der Waals surface area contributed by atoms with Gasteiger partial charge in [-0.05, 0) is 57.6 Å². The summed E-state index contributed by atoms with van der Waals surface area (Å²) in [5.41, 5.74) is 1.52. The minimum Gasteiger partial charge on any atom is -0.464 e. The molecule has 1 amide bonds. The Morgan fingerprint density at radius 2 is 1.60 bits per heavy atom. The van der Waals surface area contributed by atoms with Crippen molar-refractivity contribution in [2.45, 2.75) is 58.2 Å². The highest BCUT2D eigenvalue weighted by Gasteiger charge is 2.49. The molecule has 160 valence electrons. The molecule has 0 aromatic heterocycles. The molecule has 2 aromatic carbocycles. The molecule has 3 rings (SSSR count). The number of carbonyl (C=O) groups excluding carboxylic acids is 2. The van der Waals surface area contributed by atoms with Crippen LogP contribution in [0.2, 0.25) is 0 Å². The summed E-state index contributed by atoms with van der Waals surface area (Å²) < 4.78 is 11.0. The number of nitrogens with zero attached hydrogens (tertiary/aromatic N) is 1. The summed E-state index contributed by atoms with van der Waals surface area (Å²) in [6, 6.07) is 19.1. The molecule has 0 spiro atoms. The van der Waals surface area contributed by atoms with Gasteiger partial charge in [0.05, 0.1) is 12.6 Å². The van der Waals surface area contributed by atoms with E-state index in [0.717, 1.165) is 12.0 Å². The fourth-order valence-electron chi connectivity index (χ4n) is 4.15. The normalized spacial score (nSPS) is 21.3. The van der Waals surface area contributed by atoms with Gasteiger partial charge < -0.3 is 9.47 Å². The van der Waals surface area contributed by atoms with Gasteiger partial charge in [-0.2, -0.15) is 0 Å². The first-order valence-corrected chi connectivity index (χ1v) is 10.6. The number of benzene rings is 2. The van der Waals surface area contributed by atoms with E-state index in [9.17, 15) is 9.59 Å². The number of esters is 1. The van der Waals surface area contributed by atoms with E-state index < -0.39 is 17.7 Å². The zero-order valence-electron chi connectivity index (χ0n) is 18.2. The third-order valence-electron chi connectivity index (χ3n) is 5.25. The second-order valence-electron chi connectivity index (χ2n) is 8.70. The Balaban J connectivity index is 2.01. The molecule has 1 heterocycles. The second kappa shape index (κ2) is 9.33. The zero-order valence-corrected chi connectivity index (χ0v) is 18.2. The molecule has 30 heavy (non-hydrogen) atoms. The van der Waals surface area contributed by atoms with Crippen molar-refractivity contribution in [1.29, 1.82) is 0 Å². The van der Waals surface area contributed by atoms with E-state index in [4.69, 9.17) is 9.47 Å². The molecule has 1 aliphatic rings. The van der Waals surface area contributed by atoms with Gasteiger partial charge in [-0.25, -0.2) is 9.59 Å². The van der Waals surface area contributed by atoms with Gasteiger partial charge in [-0.3, -0.25) is 4.90 Å². The molecule has 1 saturated heterocycles. The van der Waals surface area contributed by atoms with Crippen molar-refractivity contribution >= 4 is 12.1 Å². The Labute approximate surface area is 179 Å². The molecular weight excluding hydrogens is 378 g/mol. The topological polar surface area (TPSA) is 55.8 Å². The summed E-state index contributed by atoms with van der Waals surface area (Å²) in [5, 5.41) is 0. The van der Waals surface area contributed by atoms with Crippen LogP contribution in [-0.2, 0) is 20.7 Å². The average Bonchev–Trinajstić information content (AvgIpc) is 3.08. The van der Waals surface area contributed by atoms with Crippen LogP contribution in [0.1, 0.15) is 51.3 Å². The van der Waals surface area contributed by atoms with Crippen LogP contribution in [0.4, 0.5) is 4.79 Å². The number of ether oxygens (including phenoxy) is 2. The minimum absolute atomic E-state index is 0.0664. The summed E-state index contributed by atoms with van der Waals surface area (Å²) in [7, 11) is 0. The number of hydrogen-bond donors (Lipinski definition) is 0. The highest BCUT2D eigenvalue weighted by molar-refractivity contribution is 5.83. The molecule has 5 nitrogen and oxygen atoms in total. The SMILES string of the molecule is CCOC(=O)[C@@H]1C[C@@H](Cc2ccccc2)[C@@H](c2ccccc2)N1C(=O)OC(C)(C)C. The molecule has 0 N–H and O–H groups in total. The molecule has 5 heteroatoms. The predicted octanol–water partition coefficient (Wildman–Crippen LogP) is 5.16. The first kappa shape index (κ1) is 21.9. The average molecular weight is 410 g/mol. The molecule has 1 aliphatic heterocycles. The maximum atomic E-state index is 13.3. The van der Waals surface area contributed by atoms with Gasteiger partial charge in [-0.15, -0.1) is 0 Å². The maximum Gasteiger partial charge on any atom is 0.411 e. The minimum atomic E-state index is -0.668. The van der Waals surface area contributed by atoms with E-state index in [1.165, 1.54) is 5.56 Å². The van der Waals surface area contributed by atoms with Crippen LogP contribution in [0.15, 0.2) is 60.7 Å². The van der Waals surface area contributed by atoms with Gasteiger partial charge in [0, 0.05) is 0 Å². The van der Waals surface area contributed by atoms with E-state index in [1.54, 1.807) is 11.8 Å². The molecule has 0 radical (unpaired) electrons. The monoisotopic (exact) mass is 409 g/mol. The van der Waals surface area contributed by atoms with Crippen molar-refractivity contribution in [3.05, 3.63) is 71.8 Å². The quantitative estimate of drug-likeness (QED) is 0.640. The molecule has 0 unspecified atom stereocenters. The molecule has 1 fully saturated rings. The van der Waals surface area contributed by atoms with Gasteiger partial charge in [0.15, 0.2) is 0 Å². The number of amides is 1. The summed E-state index contributed by atoms with van der Waals surface area (Å²) in [4.78, 5) is 27.7. The van der Waals surface area contributed by atoms with E-state index in [-0.39, 0.29) is 24.5 Å². The van der Waals surface area contributed by atoms with Gasteiger partial charge in [0.1, 0.15) is 11.6 Å². The van der Waals surface area contributed by atoms with Gasteiger partial charge in [-0.1, -0.05) is 60.7 Å². The summed E-state index contributed by atoms with van der Waals surface area (Å²) in [5.74, 6) is -0.309. The van der Waals surface area contributed by atoms with Crippen LogP contribution >= 0.6 is 0 Å². The van der Waals surface area contributed by atoms with Crippen LogP contribution in [-0.4, -0.2) is 35.2 Å². The molecule has 3 atom stereocenters. The van der Waals surface area contributed by atoms with E-state index in [1.807, 2.05) is 69.3 Å². The van der Waals surface area contributed by atoms with Gasteiger partial charge in [0.2, 0.25) is 0 Å². The summed E-state index contributed by atoms with van der Waals surface area (Å²) in [6.45, 7) is 7.55. The van der Waals surface area contributed by atoms with Crippen molar-refractivity contribution in [3.8, 4) is 0 Å². The molecule has 0 aliphatic carbocycles. The molecule has 0 saturated carbocycles. The highest BCUT2D eigenvalue weighted by atomic mass is 16.6. The number of likely N-dealkylation sites (tertiary alicyclic amines) is 1. The second-order valence-corrected chi connectivity index (χ2v) is 8.70. The van der Waals surface area contributed by atoms with E-state index in [0.29, 0.717) is 6.42 Å². The maximum absolute atomic E-state index is 13.3. The van der Waals surface area contributed by atoms with Crippen molar-refractivity contribution in [2.24, 2.45) is 5.92 Å². The smallest absolute Gasteiger partial charge is 0.411 e. The number of carbonyl (C=O) groups is 2. The Hall–Kier alpha value is -2.82. The third-order valence-corrected chi connectivity index (χ3v) is 5.25. The lowest BCUT2D eigenvalue weighted by Gasteiger charge is -2.33. The van der Waals surface area contributed by atoms with Crippen LogP contribution in [0.5, 0.6) is 0 Å². The molecular formula is C25H31NO4. The van der Waals surface area contributed by atoms with E-state index >= 15 is 0 Å². The van der Waals surface area contributed by atoms with Crippen LogP contribution < -0.4 is 0 Å². The lowest BCUT2D eigenvalue weighted by molar-refractivity contribution is -0.148. The zero-order chi connectivity index (χ0) is 21.7. The fraction of sp³-hybridized carbons (Fsp3) is 0.440. The standard InChI is InChI=1S/C25H31NO4/c1-5-29-23(27)21-17-20(16-18-12-8-6-9-13-18)22(19-14-10-7-11-15-19)26(21)24(28)30-25(2,3)4/h6-15,20-22H,5,16-17H2,1-4H3/t20-,21+,22-/m1/s1. The Kier molecular flexibility index (Phi) is 6.80. The summed E-state index contributed by atoms with van der Waals surface area (Å²) in [6.07, 6.45) is 0.812. The lowest BCUT2D eigenvalue weighted by atomic mass is 9.87. The largest absolute Gasteiger partial charge is 0.464 e. The Morgan fingerprint density at radius 1 is 1.00 bits per heavy atom. The number of hydrogen-bond acceptors (Lipinski definition) is 4. The molecule has 0 bridgehead atoms. The van der Waals surface area contributed by atoms with Crippen molar-refractivity contribution in [3.63, 3.8) is 0 Å². The van der Waals surface area contributed by atoms with Crippen molar-refractivity contribution in [1.82, 2.24) is 4.90 Å². The first-order valence-electron chi connectivity index (χ1n) is 10.6. The Morgan fingerprint density at radius 3 is 2.17 bits per heavy atom. The first-order chi connectivity index (χ1) is 14.3. The van der Waals surface area contributed by atoms with Crippen LogP contribution in [0.3, 0.4) is 0 Å². The molecule has 2 aromatic rings. The number of rotatable bonds is 5. The Bertz CT molecular complexity index is 844. The van der Waals surface area contributed by atoms with Crippen LogP contribution in [0.25, 0.3) is 0 Å². The van der Waals surface area contributed by atoms with Crippen molar-refractivity contribution in [2.75, 3.05) is 6.61 Å².